The minimum absolute atomic E-state index is 0.0166. The zero-order valence-electron chi connectivity index (χ0n) is 10.4. The van der Waals surface area contributed by atoms with Crippen LogP contribution in [-0.4, -0.2) is 15.6 Å². The summed E-state index contributed by atoms with van der Waals surface area (Å²) in [6.07, 6.45) is 0.261. The standard InChI is InChI=1S/C14H8F3NO3/c1-2-5-18-11(19)4-3-8-6-9(13(20)21)7-10(12(8)18)14(15,16)17/h1,3-4,6-7H,5H2,(H,20,21). The highest BCUT2D eigenvalue weighted by Crippen LogP contribution is 2.35. The molecule has 0 saturated carbocycles. The fraction of sp³-hybridized carbons (Fsp3) is 0.143. The van der Waals surface area contributed by atoms with Crippen molar-refractivity contribution in [2.24, 2.45) is 0 Å². The van der Waals surface area contributed by atoms with E-state index in [0.717, 1.165) is 22.8 Å². The van der Waals surface area contributed by atoms with Crippen molar-refractivity contribution >= 4 is 16.9 Å². The largest absolute Gasteiger partial charge is 0.478 e. The Morgan fingerprint density at radius 2 is 2.00 bits per heavy atom. The summed E-state index contributed by atoms with van der Waals surface area (Å²) in [6, 6.07) is 3.76. The van der Waals surface area contributed by atoms with Crippen LogP contribution in [0.4, 0.5) is 13.2 Å². The summed E-state index contributed by atoms with van der Waals surface area (Å²) in [7, 11) is 0. The number of nitrogens with zero attached hydrogens (tertiary/aromatic N) is 1. The molecule has 1 aromatic carbocycles. The van der Waals surface area contributed by atoms with Crippen LogP contribution < -0.4 is 5.56 Å². The SMILES string of the molecule is C#CCn1c(=O)ccc2cc(C(=O)O)cc(C(F)(F)F)c21. The van der Waals surface area contributed by atoms with E-state index < -0.39 is 34.3 Å². The Balaban J connectivity index is 3.00. The highest BCUT2D eigenvalue weighted by atomic mass is 19.4. The number of aromatic nitrogens is 1. The molecule has 0 saturated heterocycles. The summed E-state index contributed by atoms with van der Waals surface area (Å²) < 4.78 is 40.3. The van der Waals surface area contributed by atoms with Crippen LogP contribution in [0.5, 0.6) is 0 Å². The monoisotopic (exact) mass is 295 g/mol. The maximum absolute atomic E-state index is 13.2. The van der Waals surface area contributed by atoms with Gasteiger partial charge in [-0.3, -0.25) is 9.36 Å². The number of hydrogen-bond donors (Lipinski definition) is 1. The van der Waals surface area contributed by atoms with Gasteiger partial charge in [0, 0.05) is 6.07 Å². The van der Waals surface area contributed by atoms with Gasteiger partial charge in [-0.1, -0.05) is 5.92 Å². The molecule has 0 fully saturated rings. The molecule has 0 spiro atoms. The summed E-state index contributed by atoms with van der Waals surface area (Å²) in [5.41, 5.74) is -2.82. The molecule has 2 aromatic rings. The molecule has 0 aliphatic carbocycles. The summed E-state index contributed by atoms with van der Waals surface area (Å²) in [6.45, 7) is -0.342. The quantitative estimate of drug-likeness (QED) is 0.865. The second kappa shape index (κ2) is 4.98. The normalized spacial score (nSPS) is 11.3. The second-order valence-corrected chi connectivity index (χ2v) is 4.23. The first-order valence-electron chi connectivity index (χ1n) is 5.67. The molecule has 0 atom stereocenters. The number of carboxylic acids is 1. The third kappa shape index (κ3) is 2.60. The molecule has 1 heterocycles. The molecule has 0 aliphatic rings. The molecule has 4 nitrogen and oxygen atoms in total. The van der Waals surface area contributed by atoms with E-state index in [1.54, 1.807) is 0 Å². The van der Waals surface area contributed by atoms with Crippen molar-refractivity contribution in [2.75, 3.05) is 0 Å². The van der Waals surface area contributed by atoms with Crippen molar-refractivity contribution in [1.29, 1.82) is 0 Å². The predicted octanol–water partition coefficient (Wildman–Crippen LogP) is 2.35. The van der Waals surface area contributed by atoms with E-state index in [9.17, 15) is 22.8 Å². The van der Waals surface area contributed by atoms with E-state index in [-0.39, 0.29) is 11.9 Å². The van der Waals surface area contributed by atoms with Gasteiger partial charge in [-0.25, -0.2) is 4.79 Å². The van der Waals surface area contributed by atoms with Crippen LogP contribution in [0.3, 0.4) is 0 Å². The average molecular weight is 295 g/mol. The van der Waals surface area contributed by atoms with E-state index in [2.05, 4.69) is 5.92 Å². The molecule has 1 N–H and O–H groups in total. The Morgan fingerprint density at radius 1 is 1.33 bits per heavy atom. The van der Waals surface area contributed by atoms with Gasteiger partial charge < -0.3 is 5.11 Å². The number of hydrogen-bond acceptors (Lipinski definition) is 2. The van der Waals surface area contributed by atoms with Gasteiger partial charge in [-0.05, 0) is 23.6 Å². The van der Waals surface area contributed by atoms with E-state index in [0.29, 0.717) is 6.07 Å². The number of pyridine rings is 1. The van der Waals surface area contributed by atoms with E-state index >= 15 is 0 Å². The zero-order chi connectivity index (χ0) is 15.8. The first-order chi connectivity index (χ1) is 9.75. The Hall–Kier alpha value is -2.75. The third-order valence-corrected chi connectivity index (χ3v) is 2.88. The smallest absolute Gasteiger partial charge is 0.418 e. The van der Waals surface area contributed by atoms with Crippen molar-refractivity contribution in [1.82, 2.24) is 4.57 Å². The maximum atomic E-state index is 13.2. The summed E-state index contributed by atoms with van der Waals surface area (Å²) in [5, 5.41) is 8.88. The summed E-state index contributed by atoms with van der Waals surface area (Å²) in [4.78, 5) is 22.6. The number of halogens is 3. The molecule has 21 heavy (non-hydrogen) atoms. The van der Waals surface area contributed by atoms with Crippen molar-refractivity contribution in [2.45, 2.75) is 12.7 Å². The van der Waals surface area contributed by atoms with Crippen LogP contribution in [0, 0.1) is 12.3 Å². The van der Waals surface area contributed by atoms with Crippen LogP contribution in [0.15, 0.2) is 29.1 Å². The maximum Gasteiger partial charge on any atom is 0.418 e. The van der Waals surface area contributed by atoms with Gasteiger partial charge in [0.15, 0.2) is 0 Å². The Labute approximate surface area is 116 Å². The van der Waals surface area contributed by atoms with Crippen molar-refractivity contribution < 1.29 is 23.1 Å². The van der Waals surface area contributed by atoms with Gasteiger partial charge in [0.25, 0.3) is 5.56 Å². The van der Waals surface area contributed by atoms with Crippen LogP contribution in [-0.2, 0) is 12.7 Å². The molecular weight excluding hydrogens is 287 g/mol. The van der Waals surface area contributed by atoms with E-state index in [1.807, 2.05) is 0 Å². The molecule has 0 bridgehead atoms. The summed E-state index contributed by atoms with van der Waals surface area (Å²) >= 11 is 0. The number of fused-ring (bicyclic) bond motifs is 1. The Morgan fingerprint density at radius 3 is 2.52 bits per heavy atom. The molecular formula is C14H8F3NO3. The van der Waals surface area contributed by atoms with Gasteiger partial charge in [0.05, 0.1) is 23.2 Å². The zero-order valence-corrected chi connectivity index (χ0v) is 10.4. The number of aromatic carboxylic acids is 1. The number of rotatable bonds is 2. The lowest BCUT2D eigenvalue weighted by Gasteiger charge is -2.15. The first kappa shape index (κ1) is 14.7. The van der Waals surface area contributed by atoms with Crippen LogP contribution in [0.1, 0.15) is 15.9 Å². The minimum atomic E-state index is -4.81. The van der Waals surface area contributed by atoms with Gasteiger partial charge in [0.1, 0.15) is 0 Å². The fourth-order valence-corrected chi connectivity index (χ4v) is 2.03. The molecule has 2 rings (SSSR count). The Kier molecular flexibility index (Phi) is 3.47. The van der Waals surface area contributed by atoms with Gasteiger partial charge >= 0.3 is 12.1 Å². The second-order valence-electron chi connectivity index (χ2n) is 4.23. The fourth-order valence-electron chi connectivity index (χ4n) is 2.03. The molecule has 0 aliphatic heterocycles. The first-order valence-corrected chi connectivity index (χ1v) is 5.67. The van der Waals surface area contributed by atoms with Gasteiger partial charge in [0.2, 0.25) is 0 Å². The van der Waals surface area contributed by atoms with Crippen LogP contribution in [0.25, 0.3) is 10.9 Å². The average Bonchev–Trinajstić information content (AvgIpc) is 2.39. The molecule has 108 valence electrons. The molecule has 0 unspecified atom stereocenters. The molecule has 0 radical (unpaired) electrons. The lowest BCUT2D eigenvalue weighted by molar-refractivity contribution is -0.136. The lowest BCUT2D eigenvalue weighted by Crippen LogP contribution is -2.22. The predicted molar refractivity (Wildman–Crippen MR) is 69.0 cm³/mol. The van der Waals surface area contributed by atoms with E-state index in [1.165, 1.54) is 0 Å². The van der Waals surface area contributed by atoms with Crippen LogP contribution in [0.2, 0.25) is 0 Å². The van der Waals surface area contributed by atoms with E-state index in [4.69, 9.17) is 11.5 Å². The molecule has 7 heteroatoms. The lowest BCUT2D eigenvalue weighted by atomic mass is 10.0. The number of carbonyl (C=O) groups is 1. The van der Waals surface area contributed by atoms with Crippen molar-refractivity contribution in [3.63, 3.8) is 0 Å². The van der Waals surface area contributed by atoms with Gasteiger partial charge in [-0.2, -0.15) is 13.2 Å². The van der Waals surface area contributed by atoms with Crippen molar-refractivity contribution in [3.05, 3.63) is 45.7 Å². The molecule has 1 aromatic heterocycles. The van der Waals surface area contributed by atoms with Gasteiger partial charge in [-0.15, -0.1) is 6.42 Å². The third-order valence-electron chi connectivity index (χ3n) is 2.88. The minimum Gasteiger partial charge on any atom is -0.478 e. The Bertz CT molecular complexity index is 828. The van der Waals surface area contributed by atoms with Crippen molar-refractivity contribution in [3.8, 4) is 12.3 Å². The topological polar surface area (TPSA) is 59.3 Å². The summed E-state index contributed by atoms with van der Waals surface area (Å²) in [5.74, 6) is 0.624. The molecule has 0 amide bonds. The number of terminal acetylenes is 1. The highest BCUT2D eigenvalue weighted by molar-refractivity contribution is 5.95. The number of benzene rings is 1. The highest BCUT2D eigenvalue weighted by Gasteiger charge is 2.35. The number of alkyl halides is 3. The number of carboxylic acid groups (broad SMARTS) is 1. The van der Waals surface area contributed by atoms with Crippen LogP contribution >= 0.6 is 0 Å².